The lowest BCUT2D eigenvalue weighted by Crippen LogP contribution is -2.52. The van der Waals surface area contributed by atoms with Crippen LogP contribution in [0.2, 0.25) is 0 Å². The number of para-hydroxylation sites is 1. The summed E-state index contributed by atoms with van der Waals surface area (Å²) in [5.41, 5.74) is 13.2. The second-order valence-electron chi connectivity index (χ2n) is 12.0. The first-order valence-corrected chi connectivity index (χ1v) is 16.4. The van der Waals surface area contributed by atoms with Crippen molar-refractivity contribution in [1.29, 1.82) is 0 Å². The normalized spacial score (nSPS) is 16.2. The van der Waals surface area contributed by atoms with Crippen LogP contribution >= 0.6 is 0 Å². The second kappa shape index (κ2) is 15.7. The maximum atomic E-state index is 13.5. The minimum Gasteiger partial charge on any atom is -0.351 e. The Balaban J connectivity index is 1.19. The number of hydroxylamine groups is 2. The Labute approximate surface area is 271 Å². The minimum atomic E-state index is -0.831. The van der Waals surface area contributed by atoms with Crippen molar-refractivity contribution in [3.05, 3.63) is 100 Å². The molecule has 2 heterocycles. The lowest BCUT2D eigenvalue weighted by atomic mass is 9.96. The summed E-state index contributed by atoms with van der Waals surface area (Å²) in [5, 5.41) is 10.5. The lowest BCUT2D eigenvalue weighted by molar-refractivity contribution is -0.128. The first-order chi connectivity index (χ1) is 22.4. The molecule has 0 spiro atoms. The molecule has 5 rings (SSSR count). The third-order valence-electron chi connectivity index (χ3n) is 8.99. The topological polar surface area (TPSA) is 129 Å². The van der Waals surface area contributed by atoms with E-state index in [2.05, 4.69) is 41.9 Å². The number of nitrogens with two attached hydrogens (primary N) is 1. The third-order valence-corrected chi connectivity index (χ3v) is 8.99. The van der Waals surface area contributed by atoms with Crippen LogP contribution in [0.4, 0.5) is 15.3 Å². The number of fused-ring (bicyclic) bond motifs is 1. The number of nitrogens with one attached hydrogen (secondary N) is 3. The number of hydrogen-bond acceptors (Lipinski definition) is 6. The summed E-state index contributed by atoms with van der Waals surface area (Å²) in [4.78, 5) is 47.2. The van der Waals surface area contributed by atoms with E-state index in [0.29, 0.717) is 52.0 Å². The van der Waals surface area contributed by atoms with Gasteiger partial charge < -0.3 is 31.4 Å². The molecule has 1 atom stereocenters. The van der Waals surface area contributed by atoms with Crippen LogP contribution in [0.15, 0.2) is 66.7 Å². The number of hydrogen-bond donors (Lipinski definition) is 4. The highest BCUT2D eigenvalue weighted by Gasteiger charge is 2.32. The van der Waals surface area contributed by atoms with Crippen LogP contribution in [0.25, 0.3) is 0 Å². The molecule has 1 saturated heterocycles. The van der Waals surface area contributed by atoms with Crippen LogP contribution in [-0.4, -0.2) is 59.7 Å². The predicted molar refractivity (Wildman–Crippen MR) is 179 cm³/mol. The Kier molecular flexibility index (Phi) is 11.3. The van der Waals surface area contributed by atoms with E-state index in [9.17, 15) is 14.4 Å². The molecule has 10 heteroatoms. The number of piperidine rings is 1. The number of carbonyl (C=O) groups is 3. The highest BCUT2D eigenvalue weighted by molar-refractivity contribution is 5.91. The predicted octanol–water partition coefficient (Wildman–Crippen LogP) is 4.69. The molecule has 0 aromatic heterocycles. The summed E-state index contributed by atoms with van der Waals surface area (Å²) >= 11 is 0. The van der Waals surface area contributed by atoms with Crippen LogP contribution < -0.4 is 21.7 Å². The number of amides is 4. The number of nitrogens with zero attached hydrogens (tertiary/aromatic N) is 2. The van der Waals surface area contributed by atoms with Crippen LogP contribution in [0.3, 0.4) is 0 Å². The van der Waals surface area contributed by atoms with Crippen molar-refractivity contribution < 1.29 is 19.2 Å². The molecule has 0 radical (unpaired) electrons. The first-order valence-electron chi connectivity index (χ1n) is 16.4. The molecular weight excluding hydrogens is 580 g/mol. The molecule has 1 fully saturated rings. The minimum absolute atomic E-state index is 0.0485. The Morgan fingerprint density at radius 3 is 2.46 bits per heavy atom. The molecule has 0 saturated carbocycles. The van der Waals surface area contributed by atoms with Gasteiger partial charge >= 0.3 is 12.1 Å². The molecule has 3 aromatic carbocycles. The van der Waals surface area contributed by atoms with E-state index in [4.69, 9.17) is 10.6 Å². The van der Waals surface area contributed by atoms with E-state index < -0.39 is 12.1 Å². The van der Waals surface area contributed by atoms with Gasteiger partial charge in [-0.1, -0.05) is 74.5 Å². The summed E-state index contributed by atoms with van der Waals surface area (Å²) in [6.45, 7) is 6.60. The van der Waals surface area contributed by atoms with Gasteiger partial charge in [0.15, 0.2) is 0 Å². The summed E-state index contributed by atoms with van der Waals surface area (Å²) in [5.74, 6) is -0.292. The molecule has 0 aliphatic carbocycles. The average molecular weight is 627 g/mol. The number of carbonyl (C=O) groups excluding carboxylic acids is 3. The molecule has 46 heavy (non-hydrogen) atoms. The molecule has 3 aromatic rings. The largest absolute Gasteiger partial charge is 0.426 e. The van der Waals surface area contributed by atoms with E-state index in [-0.39, 0.29) is 18.0 Å². The summed E-state index contributed by atoms with van der Waals surface area (Å²) in [7, 11) is 0. The van der Waals surface area contributed by atoms with E-state index in [1.54, 1.807) is 5.06 Å². The molecule has 5 N–H and O–H groups in total. The number of urea groups is 1. The zero-order valence-electron chi connectivity index (χ0n) is 26.9. The van der Waals surface area contributed by atoms with Crippen molar-refractivity contribution in [3.63, 3.8) is 0 Å². The zero-order chi connectivity index (χ0) is 32.5. The number of benzene rings is 3. The van der Waals surface area contributed by atoms with Gasteiger partial charge in [-0.2, -0.15) is 0 Å². The summed E-state index contributed by atoms with van der Waals surface area (Å²) in [6, 6.07) is 21.0. The van der Waals surface area contributed by atoms with Crippen molar-refractivity contribution in [1.82, 2.24) is 20.6 Å². The molecular formula is C36H46N6O4. The van der Waals surface area contributed by atoms with E-state index >= 15 is 0 Å². The van der Waals surface area contributed by atoms with Gasteiger partial charge in [-0.3, -0.25) is 4.79 Å². The molecule has 2 aliphatic rings. The number of anilines is 1. The monoisotopic (exact) mass is 626 g/mol. The number of rotatable bonds is 11. The maximum absolute atomic E-state index is 13.5. The molecule has 2 aliphatic heterocycles. The van der Waals surface area contributed by atoms with Gasteiger partial charge in [-0.15, -0.1) is 5.06 Å². The van der Waals surface area contributed by atoms with Gasteiger partial charge in [0, 0.05) is 50.9 Å². The lowest BCUT2D eigenvalue weighted by Gasteiger charge is -2.37. The Morgan fingerprint density at radius 2 is 1.70 bits per heavy atom. The quantitative estimate of drug-likeness (QED) is 0.244. The smallest absolute Gasteiger partial charge is 0.351 e. The van der Waals surface area contributed by atoms with Crippen molar-refractivity contribution in [2.75, 3.05) is 25.0 Å². The fraction of sp³-hybridized carbons (Fsp3) is 0.417. The Bertz CT molecular complexity index is 1520. The van der Waals surface area contributed by atoms with Gasteiger partial charge in [0.2, 0.25) is 5.91 Å². The van der Waals surface area contributed by atoms with Gasteiger partial charge in [-0.05, 0) is 71.6 Å². The fourth-order valence-corrected chi connectivity index (χ4v) is 6.37. The fourth-order valence-electron chi connectivity index (χ4n) is 6.37. The van der Waals surface area contributed by atoms with Gasteiger partial charge in [-0.25, -0.2) is 9.59 Å². The number of aryl methyl sites for hydroxylation is 2. The summed E-state index contributed by atoms with van der Waals surface area (Å²) < 4.78 is 0. The van der Waals surface area contributed by atoms with E-state index in [0.717, 1.165) is 47.2 Å². The SMILES string of the molecule is CCc1ccc(C[C@@H](NC(=O)ON2CCC(N3CCc4ccccc4NC3=O)CC2)C(=O)NCc2cccc(CN)c2)cc1CC. The van der Waals surface area contributed by atoms with Crippen LogP contribution in [0.1, 0.15) is 60.1 Å². The van der Waals surface area contributed by atoms with Crippen LogP contribution in [0.5, 0.6) is 0 Å². The maximum Gasteiger partial charge on any atom is 0.426 e. The molecule has 244 valence electrons. The first kappa shape index (κ1) is 33.0. The Hall–Kier alpha value is -4.41. The van der Waals surface area contributed by atoms with Gasteiger partial charge in [0.1, 0.15) is 6.04 Å². The highest BCUT2D eigenvalue weighted by atomic mass is 16.7. The van der Waals surface area contributed by atoms with Crippen molar-refractivity contribution in [3.8, 4) is 0 Å². The Morgan fingerprint density at radius 1 is 0.935 bits per heavy atom. The standard InChI is InChI=1S/C36H46N6O4/c1-3-28-13-12-25(21-29(28)4-2)22-33(34(43)38-24-27-9-7-8-26(20-27)23-37)40-36(45)46-41-17-15-31(16-18-41)42-19-14-30-10-5-6-11-32(30)39-35(42)44/h5-13,20-21,31,33H,3-4,14-19,22-24,37H2,1-2H3,(H,38,43)(H,39,44)(H,40,45)/t33-/m1/s1. The van der Waals surface area contributed by atoms with Crippen molar-refractivity contribution in [2.45, 2.75) is 77.5 Å². The molecule has 4 amide bonds. The molecule has 0 unspecified atom stereocenters. The van der Waals surface area contributed by atoms with Crippen LogP contribution in [0, 0.1) is 0 Å². The van der Waals surface area contributed by atoms with Crippen LogP contribution in [-0.2, 0) is 48.4 Å². The van der Waals surface area contributed by atoms with Crippen molar-refractivity contribution >= 4 is 23.7 Å². The second-order valence-corrected chi connectivity index (χ2v) is 12.0. The highest BCUT2D eigenvalue weighted by Crippen LogP contribution is 2.24. The van der Waals surface area contributed by atoms with E-state index in [1.165, 1.54) is 11.1 Å². The van der Waals surface area contributed by atoms with Gasteiger partial charge in [0.05, 0.1) is 0 Å². The average Bonchev–Trinajstić information content (AvgIpc) is 3.25. The third kappa shape index (κ3) is 8.44. The molecule has 10 nitrogen and oxygen atoms in total. The molecule has 0 bridgehead atoms. The summed E-state index contributed by atoms with van der Waals surface area (Å²) in [6.07, 6.45) is 3.62. The van der Waals surface area contributed by atoms with Crippen molar-refractivity contribution in [2.24, 2.45) is 5.73 Å². The van der Waals surface area contributed by atoms with Gasteiger partial charge in [0.25, 0.3) is 0 Å². The zero-order valence-corrected chi connectivity index (χ0v) is 26.9. The van der Waals surface area contributed by atoms with E-state index in [1.807, 2.05) is 59.5 Å².